The Morgan fingerprint density at radius 3 is 2.55 bits per heavy atom. The molecule has 0 aliphatic rings. The first-order valence-electron chi connectivity index (χ1n) is 5.77. The standard InChI is InChI=1S/C13H13Cl2NO3S/c1-3-5-16(6-4-2)13(17)10-7-11(14)9-12(8-10)20(15,18)19/h1,7-9H,4-6H2,2H3. The summed E-state index contributed by atoms with van der Waals surface area (Å²) < 4.78 is 22.7. The highest BCUT2D eigenvalue weighted by molar-refractivity contribution is 8.13. The van der Waals surface area contributed by atoms with E-state index in [4.69, 9.17) is 28.7 Å². The Hall–Kier alpha value is -1.22. The average Bonchev–Trinajstić information content (AvgIpc) is 2.36. The van der Waals surface area contributed by atoms with E-state index in [1.807, 2.05) is 6.92 Å². The maximum absolute atomic E-state index is 12.3. The summed E-state index contributed by atoms with van der Waals surface area (Å²) in [7, 11) is 1.31. The molecule has 1 aromatic carbocycles. The number of rotatable bonds is 5. The van der Waals surface area contributed by atoms with Crippen LogP contribution in [0.25, 0.3) is 0 Å². The van der Waals surface area contributed by atoms with Crippen LogP contribution in [0.4, 0.5) is 0 Å². The Morgan fingerprint density at radius 2 is 2.05 bits per heavy atom. The molecule has 0 atom stereocenters. The Kier molecular flexibility index (Phi) is 5.88. The molecule has 7 heteroatoms. The summed E-state index contributed by atoms with van der Waals surface area (Å²) in [5.41, 5.74) is 0.139. The maximum Gasteiger partial charge on any atom is 0.261 e. The second kappa shape index (κ2) is 6.98. The van der Waals surface area contributed by atoms with Gasteiger partial charge in [0.05, 0.1) is 11.4 Å². The molecule has 4 nitrogen and oxygen atoms in total. The molecule has 0 radical (unpaired) electrons. The van der Waals surface area contributed by atoms with Crippen LogP contribution >= 0.6 is 22.3 Å². The van der Waals surface area contributed by atoms with Crippen LogP contribution in [-0.2, 0) is 9.05 Å². The van der Waals surface area contributed by atoms with E-state index in [9.17, 15) is 13.2 Å². The zero-order valence-electron chi connectivity index (χ0n) is 10.8. The van der Waals surface area contributed by atoms with Gasteiger partial charge in [0, 0.05) is 27.8 Å². The fourth-order valence-corrected chi connectivity index (χ4v) is 2.74. The van der Waals surface area contributed by atoms with Crippen LogP contribution in [0.15, 0.2) is 23.1 Å². The first kappa shape index (κ1) is 16.8. The van der Waals surface area contributed by atoms with Crippen LogP contribution in [0.2, 0.25) is 5.02 Å². The van der Waals surface area contributed by atoms with Crippen molar-refractivity contribution >= 4 is 37.2 Å². The van der Waals surface area contributed by atoms with Crippen molar-refractivity contribution in [1.29, 1.82) is 0 Å². The van der Waals surface area contributed by atoms with Gasteiger partial charge in [-0.1, -0.05) is 24.4 Å². The van der Waals surface area contributed by atoms with Crippen LogP contribution in [0.3, 0.4) is 0 Å². The van der Waals surface area contributed by atoms with E-state index in [2.05, 4.69) is 5.92 Å². The monoisotopic (exact) mass is 333 g/mol. The molecule has 0 fully saturated rings. The molecule has 1 amide bonds. The van der Waals surface area contributed by atoms with Gasteiger partial charge in [-0.05, 0) is 24.6 Å². The van der Waals surface area contributed by atoms with E-state index < -0.39 is 9.05 Å². The molecule has 20 heavy (non-hydrogen) atoms. The molecule has 0 N–H and O–H groups in total. The van der Waals surface area contributed by atoms with Crippen LogP contribution in [-0.4, -0.2) is 32.3 Å². The Bertz CT molecular complexity index is 650. The largest absolute Gasteiger partial charge is 0.328 e. The minimum absolute atomic E-state index is 0.118. The summed E-state index contributed by atoms with van der Waals surface area (Å²) in [5, 5.41) is 0.118. The van der Waals surface area contributed by atoms with Crippen molar-refractivity contribution in [2.45, 2.75) is 18.2 Å². The van der Waals surface area contributed by atoms with Crippen LogP contribution in [0, 0.1) is 12.3 Å². The first-order valence-corrected chi connectivity index (χ1v) is 8.46. The number of benzene rings is 1. The van der Waals surface area contributed by atoms with E-state index in [-0.39, 0.29) is 27.9 Å². The molecule has 0 aromatic heterocycles. The second-order valence-corrected chi connectivity index (χ2v) is 7.05. The van der Waals surface area contributed by atoms with E-state index in [0.29, 0.717) is 6.54 Å². The van der Waals surface area contributed by atoms with Crippen molar-refractivity contribution in [1.82, 2.24) is 4.90 Å². The van der Waals surface area contributed by atoms with Gasteiger partial charge in [-0.15, -0.1) is 6.42 Å². The van der Waals surface area contributed by atoms with Gasteiger partial charge < -0.3 is 4.90 Å². The third-order valence-corrected chi connectivity index (χ3v) is 4.01. The summed E-state index contributed by atoms with van der Waals surface area (Å²) in [6, 6.07) is 3.76. The van der Waals surface area contributed by atoms with Crippen molar-refractivity contribution in [2.24, 2.45) is 0 Å². The van der Waals surface area contributed by atoms with E-state index >= 15 is 0 Å². The molecule has 1 rings (SSSR count). The molecule has 0 unspecified atom stereocenters. The maximum atomic E-state index is 12.3. The smallest absolute Gasteiger partial charge is 0.261 e. The lowest BCUT2D eigenvalue weighted by Gasteiger charge is -2.19. The number of halogens is 2. The predicted octanol–water partition coefficient (Wildman–Crippen LogP) is 2.75. The van der Waals surface area contributed by atoms with Gasteiger partial charge in [0.15, 0.2) is 0 Å². The Balaban J connectivity index is 3.22. The molecule has 0 aliphatic heterocycles. The second-order valence-electron chi connectivity index (χ2n) is 4.04. The van der Waals surface area contributed by atoms with Crippen LogP contribution in [0.5, 0.6) is 0 Å². The zero-order chi connectivity index (χ0) is 15.3. The van der Waals surface area contributed by atoms with Gasteiger partial charge in [-0.25, -0.2) is 8.42 Å². The molecular weight excluding hydrogens is 321 g/mol. The first-order chi connectivity index (χ1) is 9.29. The van der Waals surface area contributed by atoms with Gasteiger partial charge in [0.25, 0.3) is 15.0 Å². The summed E-state index contributed by atoms with van der Waals surface area (Å²) in [6.07, 6.45) is 5.95. The lowest BCUT2D eigenvalue weighted by atomic mass is 10.2. The summed E-state index contributed by atoms with van der Waals surface area (Å²) >= 11 is 5.82. The number of hydrogen-bond acceptors (Lipinski definition) is 3. The highest BCUT2D eigenvalue weighted by Gasteiger charge is 2.19. The number of carbonyl (C=O) groups is 1. The number of carbonyl (C=O) groups excluding carboxylic acids is 1. The highest BCUT2D eigenvalue weighted by atomic mass is 35.7. The normalized spacial score (nSPS) is 10.9. The van der Waals surface area contributed by atoms with Crippen molar-refractivity contribution in [2.75, 3.05) is 13.1 Å². The van der Waals surface area contributed by atoms with Crippen LogP contribution in [0.1, 0.15) is 23.7 Å². The third-order valence-electron chi connectivity index (χ3n) is 2.46. The Morgan fingerprint density at radius 1 is 1.40 bits per heavy atom. The van der Waals surface area contributed by atoms with Crippen molar-refractivity contribution in [3.8, 4) is 12.3 Å². The number of terminal acetylenes is 1. The van der Waals surface area contributed by atoms with Gasteiger partial charge in [0.2, 0.25) is 0 Å². The van der Waals surface area contributed by atoms with E-state index in [1.165, 1.54) is 23.1 Å². The lowest BCUT2D eigenvalue weighted by Crippen LogP contribution is -2.32. The van der Waals surface area contributed by atoms with Crippen molar-refractivity contribution < 1.29 is 13.2 Å². The number of nitrogens with zero attached hydrogens (tertiary/aromatic N) is 1. The third kappa shape index (κ3) is 4.41. The van der Waals surface area contributed by atoms with E-state index in [1.54, 1.807) is 0 Å². The molecule has 0 saturated carbocycles. The molecule has 0 heterocycles. The summed E-state index contributed by atoms with van der Waals surface area (Å²) in [4.78, 5) is 13.5. The topological polar surface area (TPSA) is 54.5 Å². The zero-order valence-corrected chi connectivity index (χ0v) is 13.1. The molecule has 0 bridgehead atoms. The molecule has 0 spiro atoms. The highest BCUT2D eigenvalue weighted by Crippen LogP contribution is 2.23. The van der Waals surface area contributed by atoms with Crippen molar-refractivity contribution in [3.63, 3.8) is 0 Å². The molecular formula is C13H13Cl2NO3S. The lowest BCUT2D eigenvalue weighted by molar-refractivity contribution is 0.0776. The number of hydrogen-bond donors (Lipinski definition) is 0. The molecule has 0 aliphatic carbocycles. The minimum Gasteiger partial charge on any atom is -0.328 e. The van der Waals surface area contributed by atoms with Gasteiger partial charge in [-0.2, -0.15) is 0 Å². The molecule has 1 aromatic rings. The summed E-state index contributed by atoms with van der Waals surface area (Å²) in [5.74, 6) is 2.01. The molecule has 0 saturated heterocycles. The van der Waals surface area contributed by atoms with Crippen molar-refractivity contribution in [3.05, 3.63) is 28.8 Å². The van der Waals surface area contributed by atoms with Crippen LogP contribution < -0.4 is 0 Å². The quantitative estimate of drug-likeness (QED) is 0.615. The van der Waals surface area contributed by atoms with Gasteiger partial charge >= 0.3 is 0 Å². The van der Waals surface area contributed by atoms with Gasteiger partial charge in [0.1, 0.15) is 0 Å². The summed E-state index contributed by atoms with van der Waals surface area (Å²) in [6.45, 7) is 2.52. The minimum atomic E-state index is -3.95. The van der Waals surface area contributed by atoms with E-state index in [0.717, 1.165) is 6.42 Å². The molecule has 108 valence electrons. The van der Waals surface area contributed by atoms with Gasteiger partial charge in [-0.3, -0.25) is 4.79 Å². The average molecular weight is 334 g/mol. The number of amides is 1. The Labute approximate surface area is 128 Å². The fourth-order valence-electron chi connectivity index (χ4n) is 1.64. The SMILES string of the molecule is C#CCN(CCC)C(=O)c1cc(Cl)cc(S(=O)(=O)Cl)c1. The predicted molar refractivity (Wildman–Crippen MR) is 79.5 cm³/mol. The fraction of sp³-hybridized carbons (Fsp3) is 0.308.